The molecule has 4 aromatic rings. The number of hydrogen-bond acceptors (Lipinski definition) is 6. The first-order valence-electron chi connectivity index (χ1n) is 12.5. The molecule has 2 N–H and O–H groups in total. The normalized spacial score (nSPS) is 17.5. The molecular formula is C29H24ClN5O3. The zero-order valence-corrected chi connectivity index (χ0v) is 21.5. The number of nitrogens with two attached hydrogens (primary N) is 1. The van der Waals surface area contributed by atoms with Crippen LogP contribution >= 0.6 is 11.6 Å². The topological polar surface area (TPSA) is 95.5 Å². The van der Waals surface area contributed by atoms with E-state index in [0.29, 0.717) is 47.8 Å². The summed E-state index contributed by atoms with van der Waals surface area (Å²) in [5.41, 5.74) is 11.7. The van der Waals surface area contributed by atoms with Crippen LogP contribution in [0.2, 0.25) is 5.02 Å². The smallest absolute Gasteiger partial charge is 0.255 e. The minimum Gasteiger partial charge on any atom is -0.491 e. The van der Waals surface area contributed by atoms with Gasteiger partial charge in [-0.25, -0.2) is 4.98 Å². The Balaban J connectivity index is 1.14. The summed E-state index contributed by atoms with van der Waals surface area (Å²) in [7, 11) is 1.77. The van der Waals surface area contributed by atoms with Gasteiger partial charge in [-0.2, -0.15) is 5.10 Å². The Kier molecular flexibility index (Phi) is 5.32. The minimum atomic E-state index is -0.248. The highest BCUT2D eigenvalue weighted by atomic mass is 35.5. The monoisotopic (exact) mass is 525 g/mol. The zero-order valence-electron chi connectivity index (χ0n) is 20.7. The van der Waals surface area contributed by atoms with E-state index >= 15 is 0 Å². The van der Waals surface area contributed by atoms with Gasteiger partial charge in [0.05, 0.1) is 53.2 Å². The van der Waals surface area contributed by atoms with E-state index in [2.05, 4.69) is 21.9 Å². The second-order valence-corrected chi connectivity index (χ2v) is 10.4. The summed E-state index contributed by atoms with van der Waals surface area (Å²) in [4.78, 5) is 19.8. The summed E-state index contributed by atoms with van der Waals surface area (Å²) < 4.78 is 13.6. The molecule has 1 atom stereocenters. The number of carbonyl (C=O) groups excluding carboxylic acids is 1. The van der Waals surface area contributed by atoms with Crippen molar-refractivity contribution < 1.29 is 14.3 Å². The number of amides is 1. The average Bonchev–Trinajstić information content (AvgIpc) is 3.30. The van der Waals surface area contributed by atoms with Crippen LogP contribution in [0.3, 0.4) is 0 Å². The molecule has 0 saturated heterocycles. The lowest BCUT2D eigenvalue weighted by molar-refractivity contribution is 0.0709. The van der Waals surface area contributed by atoms with Gasteiger partial charge in [0.15, 0.2) is 0 Å². The third kappa shape index (κ3) is 3.87. The first kappa shape index (κ1) is 23.1. The molecule has 8 nitrogen and oxygen atoms in total. The van der Waals surface area contributed by atoms with Crippen molar-refractivity contribution in [3.8, 4) is 17.6 Å². The lowest BCUT2D eigenvalue weighted by atomic mass is 10.0. The van der Waals surface area contributed by atoms with Gasteiger partial charge in [0.25, 0.3) is 5.91 Å². The predicted molar refractivity (Wildman–Crippen MR) is 143 cm³/mol. The van der Waals surface area contributed by atoms with Gasteiger partial charge in [0.1, 0.15) is 18.2 Å². The highest BCUT2D eigenvalue weighted by Gasteiger charge is 2.32. The van der Waals surface area contributed by atoms with Gasteiger partial charge >= 0.3 is 0 Å². The van der Waals surface area contributed by atoms with Crippen molar-refractivity contribution >= 4 is 34.2 Å². The number of aromatic nitrogens is 3. The molecule has 0 unspecified atom stereocenters. The van der Waals surface area contributed by atoms with Crippen molar-refractivity contribution in [2.24, 2.45) is 0 Å². The van der Waals surface area contributed by atoms with Crippen LogP contribution in [-0.2, 0) is 18.0 Å². The van der Waals surface area contributed by atoms with Crippen LogP contribution in [0.25, 0.3) is 10.9 Å². The van der Waals surface area contributed by atoms with Crippen molar-refractivity contribution in [3.63, 3.8) is 0 Å². The molecule has 9 heteroatoms. The van der Waals surface area contributed by atoms with Gasteiger partial charge in [-0.3, -0.25) is 9.48 Å². The van der Waals surface area contributed by atoms with Gasteiger partial charge in [0, 0.05) is 35.3 Å². The molecule has 2 aliphatic heterocycles. The highest BCUT2D eigenvalue weighted by molar-refractivity contribution is 6.34. The average molecular weight is 526 g/mol. The molecule has 0 radical (unpaired) electrons. The van der Waals surface area contributed by atoms with Crippen LogP contribution in [0, 0.1) is 11.8 Å². The van der Waals surface area contributed by atoms with Gasteiger partial charge < -0.3 is 20.1 Å². The lowest BCUT2D eigenvalue weighted by Crippen LogP contribution is -2.32. The molecular weight excluding hydrogens is 502 g/mol. The van der Waals surface area contributed by atoms with E-state index in [-0.39, 0.29) is 11.9 Å². The largest absolute Gasteiger partial charge is 0.491 e. The maximum Gasteiger partial charge on any atom is 0.255 e. The van der Waals surface area contributed by atoms with E-state index in [0.717, 1.165) is 39.0 Å². The van der Waals surface area contributed by atoms with E-state index in [4.69, 9.17) is 26.8 Å². The maximum atomic E-state index is 13.6. The number of nitrogen functional groups attached to an aromatic ring is 1. The SMILES string of the molecule is CN(C(=O)c1cc2c3c(c(N)nc2cc1Cl)COC3)[C@@H]1COc2cc(C#Cc3cnn(C4CC4)c3)ccc21. The van der Waals surface area contributed by atoms with Crippen molar-refractivity contribution in [2.75, 3.05) is 19.4 Å². The Morgan fingerprint density at radius 2 is 1.97 bits per heavy atom. The molecule has 2 aromatic carbocycles. The second kappa shape index (κ2) is 8.76. The number of pyridine rings is 1. The zero-order chi connectivity index (χ0) is 26.0. The third-order valence-corrected chi connectivity index (χ3v) is 7.79. The molecule has 0 spiro atoms. The number of anilines is 1. The number of nitrogens with zero attached hydrogens (tertiary/aromatic N) is 4. The fourth-order valence-corrected chi connectivity index (χ4v) is 5.40. The molecule has 2 aromatic heterocycles. The minimum absolute atomic E-state index is 0.195. The van der Waals surface area contributed by atoms with Crippen LogP contribution in [0.5, 0.6) is 5.75 Å². The summed E-state index contributed by atoms with van der Waals surface area (Å²) in [6.45, 7) is 1.21. The molecule has 1 fully saturated rings. The van der Waals surface area contributed by atoms with Crippen LogP contribution < -0.4 is 10.5 Å². The van der Waals surface area contributed by atoms with E-state index in [1.807, 2.05) is 29.1 Å². The molecule has 7 rings (SSSR count). The molecule has 38 heavy (non-hydrogen) atoms. The first-order chi connectivity index (χ1) is 18.5. The Morgan fingerprint density at radius 3 is 2.82 bits per heavy atom. The molecule has 1 amide bonds. The number of rotatable bonds is 3. The van der Waals surface area contributed by atoms with Gasteiger partial charge in [-0.15, -0.1) is 0 Å². The number of carbonyl (C=O) groups is 1. The third-order valence-electron chi connectivity index (χ3n) is 7.48. The number of fused-ring (bicyclic) bond motifs is 4. The molecule has 3 aliphatic rings. The number of halogens is 1. The van der Waals surface area contributed by atoms with Crippen molar-refractivity contribution in [3.05, 3.63) is 81.1 Å². The Morgan fingerprint density at radius 1 is 1.16 bits per heavy atom. The van der Waals surface area contributed by atoms with Crippen LogP contribution in [-0.4, -0.2) is 39.2 Å². The molecule has 0 bridgehead atoms. The van der Waals surface area contributed by atoms with E-state index in [1.54, 1.807) is 30.3 Å². The van der Waals surface area contributed by atoms with Crippen LogP contribution in [0.4, 0.5) is 5.82 Å². The lowest BCUT2D eigenvalue weighted by Gasteiger charge is -2.24. The summed E-state index contributed by atoms with van der Waals surface area (Å²) in [6, 6.07) is 9.65. The van der Waals surface area contributed by atoms with Gasteiger partial charge in [-0.05, 0) is 42.7 Å². The van der Waals surface area contributed by atoms with Crippen LogP contribution in [0.1, 0.15) is 63.1 Å². The maximum absolute atomic E-state index is 13.6. The Bertz CT molecular complexity index is 1700. The first-order valence-corrected chi connectivity index (χ1v) is 12.9. The van der Waals surface area contributed by atoms with Crippen molar-refractivity contribution in [1.29, 1.82) is 0 Å². The highest BCUT2D eigenvalue weighted by Crippen LogP contribution is 2.39. The fourth-order valence-electron chi connectivity index (χ4n) is 5.16. The predicted octanol–water partition coefficient (Wildman–Crippen LogP) is 4.64. The molecule has 190 valence electrons. The van der Waals surface area contributed by atoms with E-state index < -0.39 is 0 Å². The van der Waals surface area contributed by atoms with E-state index in [1.165, 1.54) is 12.8 Å². The summed E-state index contributed by atoms with van der Waals surface area (Å²) in [5, 5.41) is 5.55. The molecule has 1 saturated carbocycles. The Hall–Kier alpha value is -4.06. The summed E-state index contributed by atoms with van der Waals surface area (Å²) in [6.07, 6.45) is 6.17. The number of likely N-dealkylation sites (N-methyl/N-ethyl adjacent to an activating group) is 1. The van der Waals surface area contributed by atoms with Gasteiger partial charge in [-0.1, -0.05) is 29.5 Å². The fraction of sp³-hybridized carbons (Fsp3) is 0.276. The molecule has 4 heterocycles. The number of benzene rings is 2. The summed E-state index contributed by atoms with van der Waals surface area (Å²) in [5.74, 6) is 7.35. The standard InChI is InChI=1S/C29H24ClN5O3/c1-34(29(36)21-9-20-22-13-37-14-23(22)28(31)33-25(20)10-24(21)30)26-15-38-27-8-16(4-7-19(26)27)2-3-17-11-32-35(12-17)18-5-6-18/h4,7-12,18,26H,5-6,13-15H2,1H3,(H2,31,33)/t26-/m1/s1. The molecule has 1 aliphatic carbocycles. The van der Waals surface area contributed by atoms with Gasteiger partial charge in [0.2, 0.25) is 0 Å². The number of ether oxygens (including phenoxy) is 2. The Labute approximate surface area is 224 Å². The second-order valence-electron chi connectivity index (χ2n) is 9.98. The van der Waals surface area contributed by atoms with E-state index in [9.17, 15) is 4.79 Å². The quantitative estimate of drug-likeness (QED) is 0.392. The van der Waals surface area contributed by atoms with Crippen molar-refractivity contribution in [2.45, 2.75) is 38.1 Å². The van der Waals surface area contributed by atoms with Crippen LogP contribution in [0.15, 0.2) is 42.7 Å². The summed E-state index contributed by atoms with van der Waals surface area (Å²) >= 11 is 6.57. The number of hydrogen-bond donors (Lipinski definition) is 1. The van der Waals surface area contributed by atoms with Crippen molar-refractivity contribution in [1.82, 2.24) is 19.7 Å².